The van der Waals surface area contributed by atoms with Crippen LogP contribution in [0.4, 0.5) is 0 Å². The van der Waals surface area contributed by atoms with Gasteiger partial charge < -0.3 is 4.40 Å². The van der Waals surface area contributed by atoms with Gasteiger partial charge in [-0.2, -0.15) is 0 Å². The number of benzene rings is 1. The van der Waals surface area contributed by atoms with E-state index in [1.807, 2.05) is 19.1 Å². The lowest BCUT2D eigenvalue weighted by Crippen LogP contribution is -2.22. The number of hydrogen-bond donors (Lipinski definition) is 0. The largest absolute Gasteiger partial charge is 0.312 e. The number of nitrogens with zero attached hydrogens (tertiary/aromatic N) is 1. The molecule has 118 valence electrons. The molecule has 2 aromatic heterocycles. The molecule has 0 N–H and O–H groups in total. The Hall–Kier alpha value is -3.01. The molecule has 0 radical (unpaired) electrons. The van der Waals surface area contributed by atoms with Crippen molar-refractivity contribution in [1.82, 2.24) is 4.40 Å². The molecular weight excluding hydrogens is 302 g/mol. The summed E-state index contributed by atoms with van der Waals surface area (Å²) < 4.78 is 1.68. The van der Waals surface area contributed by atoms with Gasteiger partial charge >= 0.3 is 0 Å². The van der Waals surface area contributed by atoms with Crippen LogP contribution >= 0.6 is 0 Å². The maximum atomic E-state index is 13.0. The molecule has 0 amide bonds. The lowest BCUT2D eigenvalue weighted by Gasteiger charge is -2.15. The van der Waals surface area contributed by atoms with Crippen LogP contribution in [0.25, 0.3) is 5.52 Å². The number of ketones is 3. The molecule has 4 rings (SSSR count). The van der Waals surface area contributed by atoms with Gasteiger partial charge in [-0.05, 0) is 31.0 Å². The van der Waals surface area contributed by atoms with Gasteiger partial charge in [0.1, 0.15) is 5.69 Å². The number of aryl methyl sites for hydroxylation is 1. The van der Waals surface area contributed by atoms with Crippen molar-refractivity contribution in [1.29, 1.82) is 0 Å². The number of pyridine rings is 1. The quantitative estimate of drug-likeness (QED) is 0.532. The smallest absolute Gasteiger partial charge is 0.211 e. The summed E-state index contributed by atoms with van der Waals surface area (Å²) in [5.74, 6) is -0.679. The van der Waals surface area contributed by atoms with Gasteiger partial charge in [0, 0.05) is 17.3 Å². The Bertz CT molecular complexity index is 1060. The van der Waals surface area contributed by atoms with Crippen LogP contribution in [0.2, 0.25) is 0 Å². The highest BCUT2D eigenvalue weighted by Gasteiger charge is 2.36. The molecule has 3 aromatic rings. The monoisotopic (exact) mass is 317 g/mol. The predicted molar refractivity (Wildman–Crippen MR) is 90.1 cm³/mol. The zero-order valence-electron chi connectivity index (χ0n) is 13.4. The molecule has 2 heterocycles. The minimum Gasteiger partial charge on any atom is -0.312 e. The highest BCUT2D eigenvalue weighted by molar-refractivity contribution is 6.32. The fourth-order valence-electron chi connectivity index (χ4n) is 3.46. The van der Waals surface area contributed by atoms with Crippen LogP contribution in [-0.2, 0) is 6.42 Å². The van der Waals surface area contributed by atoms with Gasteiger partial charge in [-0.25, -0.2) is 0 Å². The van der Waals surface area contributed by atoms with Crippen LogP contribution in [0.5, 0.6) is 0 Å². The van der Waals surface area contributed by atoms with Gasteiger partial charge in [-0.15, -0.1) is 0 Å². The van der Waals surface area contributed by atoms with Crippen LogP contribution in [0.3, 0.4) is 0 Å². The average Bonchev–Trinajstić information content (AvgIpc) is 2.94. The Labute approximate surface area is 138 Å². The zero-order chi connectivity index (χ0) is 17.0. The molecule has 24 heavy (non-hydrogen) atoms. The molecule has 1 aliphatic carbocycles. The lowest BCUT2D eigenvalue weighted by molar-refractivity contribution is 0.0967. The molecule has 0 spiro atoms. The summed E-state index contributed by atoms with van der Waals surface area (Å²) in [6.45, 7) is 3.46. The summed E-state index contributed by atoms with van der Waals surface area (Å²) in [5.41, 5.74) is 3.31. The fourth-order valence-corrected chi connectivity index (χ4v) is 3.46. The van der Waals surface area contributed by atoms with E-state index in [0.29, 0.717) is 27.9 Å². The third kappa shape index (κ3) is 1.77. The normalized spacial score (nSPS) is 13.1. The lowest BCUT2D eigenvalue weighted by atomic mass is 9.85. The standard InChI is InChI=1S/C20H15NO3/c1-3-12-8-9-21-15(10-12)16(11(2)22)17-18(21)20(24)14-7-5-4-6-13(14)19(17)23/h4-10H,3H2,1-2H3. The second-order valence-electron chi connectivity index (χ2n) is 6.00. The highest BCUT2D eigenvalue weighted by atomic mass is 16.1. The summed E-state index contributed by atoms with van der Waals surface area (Å²) >= 11 is 0. The molecule has 0 atom stereocenters. The number of carbonyl (C=O) groups is 3. The number of carbonyl (C=O) groups excluding carboxylic acids is 3. The summed E-state index contributed by atoms with van der Waals surface area (Å²) in [6, 6.07) is 10.6. The summed E-state index contributed by atoms with van der Waals surface area (Å²) in [6.07, 6.45) is 2.59. The van der Waals surface area contributed by atoms with Crippen LogP contribution in [0.1, 0.15) is 61.7 Å². The van der Waals surface area contributed by atoms with E-state index in [-0.39, 0.29) is 22.9 Å². The van der Waals surface area contributed by atoms with E-state index < -0.39 is 0 Å². The average molecular weight is 317 g/mol. The Kier molecular flexibility index (Phi) is 3.03. The molecule has 1 aromatic carbocycles. The van der Waals surface area contributed by atoms with E-state index in [4.69, 9.17) is 0 Å². The summed E-state index contributed by atoms with van der Waals surface area (Å²) in [7, 11) is 0. The third-order valence-corrected chi connectivity index (χ3v) is 4.62. The van der Waals surface area contributed by atoms with E-state index in [1.54, 1.807) is 34.9 Å². The van der Waals surface area contributed by atoms with Crippen LogP contribution in [0.15, 0.2) is 42.6 Å². The number of aromatic nitrogens is 1. The first-order chi connectivity index (χ1) is 11.5. The van der Waals surface area contributed by atoms with Gasteiger partial charge in [0.25, 0.3) is 0 Å². The number of rotatable bonds is 2. The maximum Gasteiger partial charge on any atom is 0.211 e. The molecule has 0 bridgehead atoms. The first kappa shape index (κ1) is 14.6. The molecule has 0 unspecified atom stereocenters. The van der Waals surface area contributed by atoms with Crippen molar-refractivity contribution in [2.24, 2.45) is 0 Å². The van der Waals surface area contributed by atoms with E-state index in [0.717, 1.165) is 12.0 Å². The van der Waals surface area contributed by atoms with Crippen molar-refractivity contribution < 1.29 is 14.4 Å². The van der Waals surface area contributed by atoms with Crippen molar-refractivity contribution in [2.75, 3.05) is 0 Å². The molecule has 4 nitrogen and oxygen atoms in total. The summed E-state index contributed by atoms with van der Waals surface area (Å²) in [5, 5.41) is 0. The Morgan fingerprint density at radius 1 is 1.04 bits per heavy atom. The Morgan fingerprint density at radius 2 is 1.71 bits per heavy atom. The van der Waals surface area contributed by atoms with Crippen molar-refractivity contribution in [3.8, 4) is 0 Å². The molecule has 0 saturated carbocycles. The van der Waals surface area contributed by atoms with Crippen molar-refractivity contribution in [3.63, 3.8) is 0 Å². The molecule has 1 aliphatic rings. The second kappa shape index (κ2) is 4.99. The highest BCUT2D eigenvalue weighted by Crippen LogP contribution is 2.34. The van der Waals surface area contributed by atoms with Crippen LogP contribution < -0.4 is 0 Å². The van der Waals surface area contributed by atoms with Crippen molar-refractivity contribution >= 4 is 22.9 Å². The minimum atomic E-state index is -0.257. The first-order valence-corrected chi connectivity index (χ1v) is 7.91. The molecule has 0 aliphatic heterocycles. The first-order valence-electron chi connectivity index (χ1n) is 7.91. The minimum absolute atomic E-state index is 0.206. The molecular formula is C20H15NO3. The third-order valence-electron chi connectivity index (χ3n) is 4.62. The van der Waals surface area contributed by atoms with Gasteiger partial charge in [-0.3, -0.25) is 14.4 Å². The topological polar surface area (TPSA) is 55.6 Å². The van der Waals surface area contributed by atoms with Gasteiger partial charge in [0.05, 0.1) is 16.6 Å². The fraction of sp³-hybridized carbons (Fsp3) is 0.150. The second-order valence-corrected chi connectivity index (χ2v) is 6.00. The Balaban J connectivity index is 2.17. The predicted octanol–water partition coefficient (Wildman–Crippen LogP) is 3.48. The van der Waals surface area contributed by atoms with Gasteiger partial charge in [0.15, 0.2) is 11.6 Å². The van der Waals surface area contributed by atoms with Gasteiger partial charge in [0.2, 0.25) is 5.78 Å². The van der Waals surface area contributed by atoms with E-state index >= 15 is 0 Å². The van der Waals surface area contributed by atoms with E-state index in [1.165, 1.54) is 6.92 Å². The molecule has 0 fully saturated rings. The molecule has 0 saturated heterocycles. The van der Waals surface area contributed by atoms with Crippen molar-refractivity contribution in [2.45, 2.75) is 20.3 Å². The van der Waals surface area contributed by atoms with E-state index in [2.05, 4.69) is 0 Å². The van der Waals surface area contributed by atoms with Crippen molar-refractivity contribution in [3.05, 3.63) is 76.1 Å². The SMILES string of the molecule is CCc1ccn2c3c(c(C(C)=O)c2c1)C(=O)c1ccccc1C3=O. The molecule has 4 heteroatoms. The van der Waals surface area contributed by atoms with Gasteiger partial charge in [-0.1, -0.05) is 31.2 Å². The van der Waals surface area contributed by atoms with Crippen LogP contribution in [0, 0.1) is 0 Å². The van der Waals surface area contributed by atoms with E-state index in [9.17, 15) is 14.4 Å². The zero-order valence-corrected chi connectivity index (χ0v) is 13.4. The number of Topliss-reactive ketones (excluding diaryl/α,β-unsaturated/α-hetero) is 1. The number of hydrogen-bond acceptors (Lipinski definition) is 3. The maximum absolute atomic E-state index is 13.0. The number of fused-ring (bicyclic) bond motifs is 4. The summed E-state index contributed by atoms with van der Waals surface area (Å²) in [4.78, 5) is 38.2. The van der Waals surface area contributed by atoms with Crippen LogP contribution in [-0.4, -0.2) is 21.8 Å². The Morgan fingerprint density at radius 3 is 2.33 bits per heavy atom.